The van der Waals surface area contributed by atoms with Crippen molar-refractivity contribution in [2.45, 2.75) is 38.0 Å². The van der Waals surface area contributed by atoms with Crippen molar-refractivity contribution in [2.75, 3.05) is 24.7 Å². The molecule has 12 heteroatoms. The molecule has 0 aliphatic heterocycles. The quantitative estimate of drug-likeness (QED) is 0.0427. The van der Waals surface area contributed by atoms with Crippen molar-refractivity contribution in [1.82, 2.24) is 0 Å². The van der Waals surface area contributed by atoms with E-state index in [1.54, 1.807) is 24.3 Å². The van der Waals surface area contributed by atoms with E-state index >= 15 is 0 Å². The maximum atomic E-state index is 14.9. The number of nitrogens with two attached hydrogens (primary N) is 2. The molecule has 0 fully saturated rings. The third-order valence-corrected chi connectivity index (χ3v) is 7.31. The van der Waals surface area contributed by atoms with Crippen molar-refractivity contribution >= 4 is 23.4 Å². The lowest BCUT2D eigenvalue weighted by Crippen LogP contribution is -2.30. The van der Waals surface area contributed by atoms with Crippen LogP contribution in [-0.4, -0.2) is 25.4 Å². The average Bonchev–Trinajstić information content (AvgIpc) is 3.04. The maximum Gasteiger partial charge on any atom is 0.426 e. The number of ether oxygens (including phenoxy) is 3. The third kappa shape index (κ3) is 11.8. The smallest absolute Gasteiger partial charge is 0.426 e. The van der Waals surface area contributed by atoms with Crippen molar-refractivity contribution in [3.63, 3.8) is 0 Å². The molecule has 4 rings (SSSR count). The van der Waals surface area contributed by atoms with Crippen LogP contribution in [0.25, 0.3) is 6.08 Å². The van der Waals surface area contributed by atoms with Gasteiger partial charge in [0, 0.05) is 35.4 Å². The Balaban J connectivity index is 1.34. The van der Waals surface area contributed by atoms with Crippen LogP contribution in [-0.2, 0) is 28.5 Å². The Morgan fingerprint density at radius 2 is 1.37 bits per heavy atom. The van der Waals surface area contributed by atoms with Gasteiger partial charge in [-0.1, -0.05) is 36.4 Å². The Kier molecular flexibility index (Phi) is 11.9. The summed E-state index contributed by atoms with van der Waals surface area (Å²) in [7, 11) is 0. The van der Waals surface area contributed by atoms with E-state index in [-0.39, 0.29) is 25.4 Å². The number of carbonyl (C=O) groups is 1. The molecular weight excluding hydrogens is 650 g/mol. The molecule has 0 unspecified atom stereocenters. The van der Waals surface area contributed by atoms with Gasteiger partial charge in [0.05, 0.1) is 18.8 Å². The van der Waals surface area contributed by atoms with E-state index in [9.17, 15) is 31.1 Å². The number of alkyl halides is 5. The summed E-state index contributed by atoms with van der Waals surface area (Å²) in [6.45, 7) is 4.03. The number of hydrogen-bond acceptors (Lipinski definition) is 6. The van der Waals surface area contributed by atoms with E-state index < -0.39 is 47.2 Å². The highest BCUT2D eigenvalue weighted by atomic mass is 19.4. The molecule has 0 aromatic heterocycles. The molecule has 0 saturated carbocycles. The summed E-state index contributed by atoms with van der Waals surface area (Å²) < 4.78 is 96.1. The SMILES string of the molecule is [CH2]C(COC(=O)/C=C/c1ccc(C(F)(F)Oc2ccc(OCCCC(F)(F)F)cc2F)cc1)(Cc1ccc(N)cc1)Cc1ccc(N)cc1. The van der Waals surface area contributed by atoms with Gasteiger partial charge in [0.1, 0.15) is 5.75 Å². The fourth-order valence-corrected chi connectivity index (χ4v) is 4.84. The van der Waals surface area contributed by atoms with Crippen molar-refractivity contribution in [3.05, 3.63) is 132 Å². The zero-order valence-corrected chi connectivity index (χ0v) is 26.3. The molecule has 0 saturated heterocycles. The number of hydrogen-bond donors (Lipinski definition) is 2. The topological polar surface area (TPSA) is 96.8 Å². The molecule has 6 nitrogen and oxygen atoms in total. The first kappa shape index (κ1) is 36.7. The second-order valence-corrected chi connectivity index (χ2v) is 11.7. The van der Waals surface area contributed by atoms with Gasteiger partial charge in [-0.3, -0.25) is 0 Å². The summed E-state index contributed by atoms with van der Waals surface area (Å²) in [5, 5.41) is 0. The van der Waals surface area contributed by atoms with Crippen LogP contribution in [0.1, 0.15) is 35.1 Å². The molecule has 0 aliphatic rings. The average molecular weight is 686 g/mol. The van der Waals surface area contributed by atoms with Crippen LogP contribution in [0, 0.1) is 18.2 Å². The highest BCUT2D eigenvalue weighted by Gasteiger charge is 2.35. The number of halogens is 6. The summed E-state index contributed by atoms with van der Waals surface area (Å²) in [6, 6.07) is 22.2. The fourth-order valence-electron chi connectivity index (χ4n) is 4.84. The predicted octanol–water partition coefficient (Wildman–Crippen LogP) is 8.70. The van der Waals surface area contributed by atoms with Crippen LogP contribution >= 0.6 is 0 Å². The standard InChI is InChI=1S/C37H35F6N2O4/c1-35(22-26-5-12-29(44)13-6-26,23-27-7-14-30(45)15-8-27)24-48-34(46)18-9-25-3-10-28(11-4-25)37(42,43)49-33-17-16-31(21-32(33)38)47-20-2-19-36(39,40)41/h3-18,21H,1-2,19-20,22-24,44-45H2/b18-9+. The predicted molar refractivity (Wildman–Crippen MR) is 175 cm³/mol. The summed E-state index contributed by atoms with van der Waals surface area (Å²) in [5.74, 6) is -2.76. The molecular formula is C37H35F6N2O4. The Morgan fingerprint density at radius 3 is 1.90 bits per heavy atom. The minimum atomic E-state index is -4.35. The summed E-state index contributed by atoms with van der Waals surface area (Å²) in [6.07, 6.45) is -6.18. The molecule has 4 aromatic rings. The third-order valence-electron chi connectivity index (χ3n) is 7.31. The molecule has 0 atom stereocenters. The van der Waals surface area contributed by atoms with Crippen LogP contribution in [0.3, 0.4) is 0 Å². The van der Waals surface area contributed by atoms with Crippen LogP contribution in [0.2, 0.25) is 0 Å². The van der Waals surface area contributed by atoms with Gasteiger partial charge >= 0.3 is 18.3 Å². The lowest BCUT2D eigenvalue weighted by atomic mass is 9.79. The van der Waals surface area contributed by atoms with E-state index in [2.05, 4.69) is 11.7 Å². The Bertz CT molecular complexity index is 1660. The molecule has 0 aliphatic carbocycles. The number of nitrogen functional groups attached to an aromatic ring is 2. The largest absolute Gasteiger partial charge is 0.493 e. The second kappa shape index (κ2) is 15.8. The number of benzene rings is 4. The van der Waals surface area contributed by atoms with Gasteiger partial charge in [0.25, 0.3) is 0 Å². The maximum absolute atomic E-state index is 14.9. The molecule has 0 spiro atoms. The highest BCUT2D eigenvalue weighted by Crippen LogP contribution is 2.35. The van der Waals surface area contributed by atoms with E-state index in [4.69, 9.17) is 20.9 Å². The monoisotopic (exact) mass is 685 g/mol. The second-order valence-electron chi connectivity index (χ2n) is 11.7. The lowest BCUT2D eigenvalue weighted by Gasteiger charge is -2.29. The van der Waals surface area contributed by atoms with Crippen LogP contribution in [0.5, 0.6) is 11.5 Å². The van der Waals surface area contributed by atoms with E-state index in [1.165, 1.54) is 24.3 Å². The zero-order valence-electron chi connectivity index (χ0n) is 26.3. The first-order valence-corrected chi connectivity index (χ1v) is 15.1. The number of rotatable bonds is 15. The lowest BCUT2D eigenvalue weighted by molar-refractivity contribution is -0.187. The minimum absolute atomic E-state index is 0.0187. The molecule has 4 aromatic carbocycles. The van der Waals surface area contributed by atoms with Crippen molar-refractivity contribution in [3.8, 4) is 11.5 Å². The van der Waals surface area contributed by atoms with Crippen LogP contribution in [0.4, 0.5) is 37.7 Å². The van der Waals surface area contributed by atoms with Gasteiger partial charge in [-0.2, -0.15) is 22.0 Å². The van der Waals surface area contributed by atoms with Crippen molar-refractivity contribution in [1.29, 1.82) is 0 Å². The highest BCUT2D eigenvalue weighted by molar-refractivity contribution is 5.87. The zero-order chi connectivity index (χ0) is 35.7. The first-order valence-electron chi connectivity index (χ1n) is 15.1. The molecule has 259 valence electrons. The van der Waals surface area contributed by atoms with E-state index in [0.717, 1.165) is 41.5 Å². The summed E-state index contributed by atoms with van der Waals surface area (Å²) >= 11 is 0. The number of esters is 1. The Hall–Kier alpha value is -5.13. The Labute approximate surface area is 280 Å². The van der Waals surface area contributed by atoms with Crippen LogP contribution in [0.15, 0.2) is 97.1 Å². The fraction of sp³-hybridized carbons (Fsp3) is 0.243. The van der Waals surface area contributed by atoms with E-state index in [1.807, 2.05) is 24.3 Å². The molecule has 1 radical (unpaired) electrons. The summed E-state index contributed by atoms with van der Waals surface area (Å²) in [5.41, 5.74) is 13.9. The molecule has 49 heavy (non-hydrogen) atoms. The van der Waals surface area contributed by atoms with Gasteiger partial charge in [-0.25, -0.2) is 9.18 Å². The van der Waals surface area contributed by atoms with Gasteiger partial charge in [-0.15, -0.1) is 0 Å². The molecule has 4 N–H and O–H groups in total. The molecule has 0 bridgehead atoms. The van der Waals surface area contributed by atoms with Gasteiger partial charge in [0.2, 0.25) is 0 Å². The minimum Gasteiger partial charge on any atom is -0.493 e. The van der Waals surface area contributed by atoms with Crippen LogP contribution < -0.4 is 20.9 Å². The van der Waals surface area contributed by atoms with Gasteiger partial charge < -0.3 is 25.7 Å². The molecule has 0 amide bonds. The number of carbonyl (C=O) groups excluding carboxylic acids is 1. The first-order chi connectivity index (χ1) is 23.1. The van der Waals surface area contributed by atoms with E-state index in [0.29, 0.717) is 29.8 Å². The normalized spacial score (nSPS) is 12.2. The van der Waals surface area contributed by atoms with Gasteiger partial charge in [0.15, 0.2) is 11.6 Å². The van der Waals surface area contributed by atoms with Crippen molar-refractivity contribution in [2.24, 2.45) is 5.41 Å². The van der Waals surface area contributed by atoms with Crippen molar-refractivity contribution < 1.29 is 45.3 Å². The Morgan fingerprint density at radius 1 is 0.796 bits per heavy atom. The summed E-state index contributed by atoms with van der Waals surface area (Å²) in [4.78, 5) is 12.7. The molecule has 0 heterocycles. The van der Waals surface area contributed by atoms with Gasteiger partial charge in [-0.05, 0) is 97.5 Å². The number of anilines is 2.